The Kier molecular flexibility index (Phi) is 12.4. The minimum atomic E-state index is 0. The van der Waals surface area contributed by atoms with Crippen LogP contribution in [0, 0.1) is 5.92 Å². The quantitative estimate of drug-likeness (QED) is 0.249. The van der Waals surface area contributed by atoms with Gasteiger partial charge in [-0.2, -0.15) is 0 Å². The van der Waals surface area contributed by atoms with Gasteiger partial charge in [0, 0.05) is 53.6 Å². The Hall–Kier alpha value is -1.06. The standard InChI is InChI=1S/C20H33N3O3.HI/c1-21-20(23(2)15-17-5-7-19(24-3)8-6-17)22-11-4-12-26-16-18-9-13-25-14-10-18;/h5-8,18H,4,9-16H2,1-3H3,(H,21,22);1H. The van der Waals surface area contributed by atoms with Gasteiger partial charge in [-0.05, 0) is 42.9 Å². The molecule has 0 aliphatic carbocycles. The summed E-state index contributed by atoms with van der Waals surface area (Å²) in [6.45, 7) is 5.05. The van der Waals surface area contributed by atoms with Crippen LogP contribution < -0.4 is 10.1 Å². The van der Waals surface area contributed by atoms with Gasteiger partial charge in [-0.3, -0.25) is 4.99 Å². The first kappa shape index (κ1) is 24.0. The molecule has 1 aliphatic heterocycles. The molecule has 0 bridgehead atoms. The largest absolute Gasteiger partial charge is 0.497 e. The number of nitrogens with zero attached hydrogens (tertiary/aromatic N) is 2. The molecular weight excluding hydrogens is 457 g/mol. The van der Waals surface area contributed by atoms with Gasteiger partial charge in [0.25, 0.3) is 0 Å². The molecule has 0 amide bonds. The second-order valence-electron chi connectivity index (χ2n) is 6.66. The molecule has 0 unspecified atom stereocenters. The van der Waals surface area contributed by atoms with Crippen LogP contribution in [-0.4, -0.2) is 65.0 Å². The van der Waals surface area contributed by atoms with E-state index in [1.54, 1.807) is 7.11 Å². The van der Waals surface area contributed by atoms with Gasteiger partial charge in [0.1, 0.15) is 5.75 Å². The van der Waals surface area contributed by atoms with Crippen molar-refractivity contribution in [2.24, 2.45) is 10.9 Å². The Morgan fingerprint density at radius 3 is 2.59 bits per heavy atom. The Bertz CT molecular complexity index is 534. The molecule has 1 aromatic rings. The predicted molar refractivity (Wildman–Crippen MR) is 120 cm³/mol. The lowest BCUT2D eigenvalue weighted by atomic mass is 10.0. The molecule has 6 nitrogen and oxygen atoms in total. The van der Waals surface area contributed by atoms with Gasteiger partial charge in [0.05, 0.1) is 7.11 Å². The third-order valence-corrected chi connectivity index (χ3v) is 4.60. The molecule has 1 aromatic carbocycles. The van der Waals surface area contributed by atoms with Crippen LogP contribution in [0.2, 0.25) is 0 Å². The van der Waals surface area contributed by atoms with Gasteiger partial charge in [0.2, 0.25) is 0 Å². The molecule has 7 heteroatoms. The second-order valence-corrected chi connectivity index (χ2v) is 6.66. The van der Waals surface area contributed by atoms with E-state index < -0.39 is 0 Å². The van der Waals surface area contributed by atoms with Gasteiger partial charge >= 0.3 is 0 Å². The molecule has 1 saturated heterocycles. The summed E-state index contributed by atoms with van der Waals surface area (Å²) in [5.74, 6) is 2.44. The van der Waals surface area contributed by atoms with Gasteiger partial charge in [-0.15, -0.1) is 24.0 Å². The minimum absolute atomic E-state index is 0. The molecule has 1 N–H and O–H groups in total. The Morgan fingerprint density at radius 2 is 1.96 bits per heavy atom. The molecule has 154 valence electrons. The summed E-state index contributed by atoms with van der Waals surface area (Å²) >= 11 is 0. The normalized spacial score (nSPS) is 15.1. The number of nitrogens with one attached hydrogen (secondary N) is 1. The molecule has 0 saturated carbocycles. The van der Waals surface area contributed by atoms with Crippen LogP contribution in [-0.2, 0) is 16.0 Å². The Balaban J connectivity index is 0.00000364. The van der Waals surface area contributed by atoms with Crippen molar-refractivity contribution in [2.75, 3.05) is 54.2 Å². The zero-order chi connectivity index (χ0) is 18.6. The molecule has 2 rings (SSSR count). The maximum Gasteiger partial charge on any atom is 0.193 e. The third kappa shape index (κ3) is 9.12. The maximum absolute atomic E-state index is 5.81. The van der Waals surface area contributed by atoms with Crippen molar-refractivity contribution >= 4 is 29.9 Å². The van der Waals surface area contributed by atoms with Crippen LogP contribution in [0.25, 0.3) is 0 Å². The van der Waals surface area contributed by atoms with Crippen molar-refractivity contribution in [1.82, 2.24) is 10.2 Å². The SMILES string of the molecule is CN=C(NCCCOCC1CCOCC1)N(C)Cc1ccc(OC)cc1.I. The van der Waals surface area contributed by atoms with E-state index in [-0.39, 0.29) is 24.0 Å². The van der Waals surface area contributed by atoms with Crippen molar-refractivity contribution in [1.29, 1.82) is 0 Å². The zero-order valence-electron chi connectivity index (χ0n) is 16.8. The van der Waals surface area contributed by atoms with Crippen molar-refractivity contribution in [3.05, 3.63) is 29.8 Å². The summed E-state index contributed by atoms with van der Waals surface area (Å²) in [6, 6.07) is 8.11. The molecular formula is C20H34IN3O3. The van der Waals surface area contributed by atoms with E-state index in [9.17, 15) is 0 Å². The van der Waals surface area contributed by atoms with Gasteiger partial charge in [-0.25, -0.2) is 0 Å². The molecule has 1 heterocycles. The van der Waals surface area contributed by atoms with Crippen molar-refractivity contribution in [3.8, 4) is 5.75 Å². The number of rotatable bonds is 9. The smallest absolute Gasteiger partial charge is 0.193 e. The van der Waals surface area contributed by atoms with E-state index in [4.69, 9.17) is 14.2 Å². The minimum Gasteiger partial charge on any atom is -0.497 e. The van der Waals surface area contributed by atoms with Crippen LogP contribution in [0.3, 0.4) is 0 Å². The van der Waals surface area contributed by atoms with E-state index in [0.717, 1.165) is 70.5 Å². The molecule has 0 radical (unpaired) electrons. The number of hydrogen-bond acceptors (Lipinski definition) is 4. The lowest BCUT2D eigenvalue weighted by Gasteiger charge is -2.23. The van der Waals surface area contributed by atoms with E-state index in [2.05, 4.69) is 27.3 Å². The van der Waals surface area contributed by atoms with Crippen LogP contribution in [0.5, 0.6) is 5.75 Å². The first-order valence-electron chi connectivity index (χ1n) is 9.43. The first-order valence-corrected chi connectivity index (χ1v) is 9.43. The number of hydrogen-bond donors (Lipinski definition) is 1. The molecule has 0 atom stereocenters. The fraction of sp³-hybridized carbons (Fsp3) is 0.650. The number of halogens is 1. The Labute approximate surface area is 180 Å². The van der Waals surface area contributed by atoms with Crippen LogP contribution in [0.4, 0.5) is 0 Å². The van der Waals surface area contributed by atoms with E-state index in [0.29, 0.717) is 5.92 Å². The first-order chi connectivity index (χ1) is 12.7. The van der Waals surface area contributed by atoms with Crippen molar-refractivity contribution in [2.45, 2.75) is 25.8 Å². The molecule has 0 spiro atoms. The summed E-state index contributed by atoms with van der Waals surface area (Å²) in [6.07, 6.45) is 3.22. The van der Waals surface area contributed by atoms with Gasteiger partial charge in [0.15, 0.2) is 5.96 Å². The highest BCUT2D eigenvalue weighted by molar-refractivity contribution is 14.0. The van der Waals surface area contributed by atoms with Gasteiger partial charge < -0.3 is 24.4 Å². The van der Waals surface area contributed by atoms with E-state index >= 15 is 0 Å². The molecule has 1 fully saturated rings. The summed E-state index contributed by atoms with van der Waals surface area (Å²) in [4.78, 5) is 6.48. The number of guanidine groups is 1. The lowest BCUT2D eigenvalue weighted by Crippen LogP contribution is -2.39. The summed E-state index contributed by atoms with van der Waals surface area (Å²) < 4.78 is 16.4. The van der Waals surface area contributed by atoms with Crippen molar-refractivity contribution < 1.29 is 14.2 Å². The number of ether oxygens (including phenoxy) is 3. The van der Waals surface area contributed by atoms with E-state index in [1.807, 2.05) is 26.2 Å². The average molecular weight is 491 g/mol. The number of methoxy groups -OCH3 is 1. The average Bonchev–Trinajstić information content (AvgIpc) is 2.68. The summed E-state index contributed by atoms with van der Waals surface area (Å²) in [7, 11) is 5.54. The molecule has 27 heavy (non-hydrogen) atoms. The third-order valence-electron chi connectivity index (χ3n) is 4.60. The highest BCUT2D eigenvalue weighted by Gasteiger charge is 2.13. The predicted octanol–water partition coefficient (Wildman–Crippen LogP) is 3.15. The lowest BCUT2D eigenvalue weighted by molar-refractivity contribution is 0.0203. The highest BCUT2D eigenvalue weighted by atomic mass is 127. The Morgan fingerprint density at radius 1 is 1.26 bits per heavy atom. The fourth-order valence-corrected chi connectivity index (χ4v) is 3.00. The summed E-state index contributed by atoms with van der Waals surface area (Å²) in [5, 5.41) is 3.40. The zero-order valence-corrected chi connectivity index (χ0v) is 19.1. The van der Waals surface area contributed by atoms with Crippen LogP contribution in [0.15, 0.2) is 29.3 Å². The van der Waals surface area contributed by atoms with Crippen molar-refractivity contribution in [3.63, 3.8) is 0 Å². The number of benzene rings is 1. The molecule has 0 aromatic heterocycles. The van der Waals surface area contributed by atoms with E-state index in [1.165, 1.54) is 5.56 Å². The fourth-order valence-electron chi connectivity index (χ4n) is 3.00. The second kappa shape index (κ2) is 14.0. The topological polar surface area (TPSA) is 55.3 Å². The highest BCUT2D eigenvalue weighted by Crippen LogP contribution is 2.15. The summed E-state index contributed by atoms with van der Waals surface area (Å²) in [5.41, 5.74) is 1.22. The van der Waals surface area contributed by atoms with Crippen LogP contribution in [0.1, 0.15) is 24.8 Å². The van der Waals surface area contributed by atoms with Gasteiger partial charge in [-0.1, -0.05) is 12.1 Å². The van der Waals surface area contributed by atoms with Crippen LogP contribution >= 0.6 is 24.0 Å². The number of aliphatic imine (C=N–C) groups is 1. The molecule has 1 aliphatic rings. The maximum atomic E-state index is 5.81. The monoisotopic (exact) mass is 491 g/mol.